The Kier molecular flexibility index (Phi) is 6.43. The van der Waals surface area contributed by atoms with Gasteiger partial charge in [-0.25, -0.2) is 0 Å². The van der Waals surface area contributed by atoms with Gasteiger partial charge in [0.15, 0.2) is 5.69 Å². The summed E-state index contributed by atoms with van der Waals surface area (Å²) in [6.45, 7) is 9.06. The molecule has 0 aromatic carbocycles. The van der Waals surface area contributed by atoms with Crippen molar-refractivity contribution in [2.24, 2.45) is 0 Å². The zero-order valence-corrected chi connectivity index (χ0v) is 14.2. The van der Waals surface area contributed by atoms with E-state index >= 15 is 0 Å². The van der Waals surface area contributed by atoms with Crippen LogP contribution in [0.15, 0.2) is 0 Å². The molecule has 2 N–H and O–H groups in total. The molecule has 0 aliphatic carbocycles. The Morgan fingerprint density at radius 3 is 2.86 bits per heavy atom. The monoisotopic (exact) mass is 306 g/mol. The zero-order valence-electron chi connectivity index (χ0n) is 14.2. The van der Waals surface area contributed by atoms with Gasteiger partial charge in [-0.05, 0) is 19.8 Å². The molecule has 0 radical (unpaired) electrons. The van der Waals surface area contributed by atoms with Crippen LogP contribution in [0, 0.1) is 0 Å². The molecule has 1 aliphatic rings. The van der Waals surface area contributed by atoms with Crippen LogP contribution in [0.25, 0.3) is 0 Å². The number of nitrogens with one attached hydrogen (secondary N) is 2. The van der Waals surface area contributed by atoms with Crippen molar-refractivity contribution in [1.82, 2.24) is 20.4 Å². The molecule has 2 rings (SSSR count). The highest BCUT2D eigenvalue weighted by atomic mass is 16.2. The van der Waals surface area contributed by atoms with E-state index in [1.54, 1.807) is 0 Å². The average Bonchev–Trinajstić information content (AvgIpc) is 2.95. The molecule has 1 aliphatic heterocycles. The quantitative estimate of drug-likeness (QED) is 0.726. The third kappa shape index (κ3) is 3.88. The van der Waals surface area contributed by atoms with Gasteiger partial charge in [-0.1, -0.05) is 33.1 Å². The highest BCUT2D eigenvalue weighted by Crippen LogP contribution is 2.19. The number of carbonyl (C=O) groups is 1. The maximum absolute atomic E-state index is 13.0. The first kappa shape index (κ1) is 17.0. The number of fused-ring (bicyclic) bond motifs is 1. The maximum atomic E-state index is 13.0. The lowest BCUT2D eigenvalue weighted by Crippen LogP contribution is -2.40. The fraction of sp³-hybridized carbons (Fsp3) is 0.765. The van der Waals surface area contributed by atoms with Crippen molar-refractivity contribution in [2.75, 3.05) is 13.1 Å². The van der Waals surface area contributed by atoms with Gasteiger partial charge in [-0.2, -0.15) is 5.10 Å². The summed E-state index contributed by atoms with van der Waals surface area (Å²) in [6, 6.07) is 0.276. The first-order valence-corrected chi connectivity index (χ1v) is 8.76. The Labute approximate surface area is 133 Å². The highest BCUT2D eigenvalue weighted by Gasteiger charge is 2.27. The average molecular weight is 306 g/mol. The standard InChI is InChI=1S/C17H30N4O/c1-4-6-7-11-21(13(3)8-5-2)17(22)16-14-12-18-10-9-15(14)19-20-16/h13,18H,4-12H2,1-3H3,(H,19,20). The first-order valence-electron chi connectivity index (χ1n) is 8.76. The minimum Gasteiger partial charge on any atom is -0.335 e. The molecular formula is C17H30N4O. The van der Waals surface area contributed by atoms with Crippen LogP contribution in [0.1, 0.15) is 74.6 Å². The Morgan fingerprint density at radius 1 is 1.32 bits per heavy atom. The van der Waals surface area contributed by atoms with Crippen LogP contribution in [-0.2, 0) is 13.0 Å². The second-order valence-corrected chi connectivity index (χ2v) is 6.30. The zero-order chi connectivity index (χ0) is 15.9. The topological polar surface area (TPSA) is 61.0 Å². The molecule has 0 saturated heterocycles. The fourth-order valence-electron chi connectivity index (χ4n) is 3.17. The number of amides is 1. The van der Waals surface area contributed by atoms with E-state index in [1.165, 1.54) is 12.8 Å². The molecule has 0 bridgehead atoms. The second-order valence-electron chi connectivity index (χ2n) is 6.30. The summed E-state index contributed by atoms with van der Waals surface area (Å²) < 4.78 is 0. The molecule has 124 valence electrons. The van der Waals surface area contributed by atoms with Crippen molar-refractivity contribution in [3.8, 4) is 0 Å². The lowest BCUT2D eigenvalue weighted by atomic mass is 10.0. The van der Waals surface area contributed by atoms with Crippen LogP contribution in [0.5, 0.6) is 0 Å². The summed E-state index contributed by atoms with van der Waals surface area (Å²) >= 11 is 0. The molecule has 1 amide bonds. The van der Waals surface area contributed by atoms with Crippen LogP contribution >= 0.6 is 0 Å². The SMILES string of the molecule is CCCCCN(C(=O)c1n[nH]c2c1CNCC2)C(C)CCC. The number of hydrogen-bond acceptors (Lipinski definition) is 3. The number of rotatable bonds is 8. The second kappa shape index (κ2) is 8.32. The molecule has 0 fully saturated rings. The number of aromatic nitrogens is 2. The van der Waals surface area contributed by atoms with Crippen LogP contribution in [-0.4, -0.2) is 40.1 Å². The molecule has 1 aromatic rings. The molecule has 1 unspecified atom stereocenters. The highest BCUT2D eigenvalue weighted by molar-refractivity contribution is 5.94. The number of hydrogen-bond donors (Lipinski definition) is 2. The molecular weight excluding hydrogens is 276 g/mol. The van der Waals surface area contributed by atoms with Crippen LogP contribution in [0.2, 0.25) is 0 Å². The fourth-order valence-corrected chi connectivity index (χ4v) is 3.17. The molecule has 5 nitrogen and oxygen atoms in total. The summed E-state index contributed by atoms with van der Waals surface area (Å²) in [5, 5.41) is 10.7. The summed E-state index contributed by atoms with van der Waals surface area (Å²) in [5.41, 5.74) is 2.82. The molecule has 2 heterocycles. The molecule has 0 saturated carbocycles. The maximum Gasteiger partial charge on any atom is 0.274 e. The van der Waals surface area contributed by atoms with Gasteiger partial charge in [0, 0.05) is 43.4 Å². The normalized spacial score (nSPS) is 15.4. The summed E-state index contributed by atoms with van der Waals surface area (Å²) in [7, 11) is 0. The van der Waals surface area contributed by atoms with E-state index < -0.39 is 0 Å². The van der Waals surface area contributed by atoms with Gasteiger partial charge in [0.2, 0.25) is 0 Å². The van der Waals surface area contributed by atoms with Crippen LogP contribution in [0.3, 0.4) is 0 Å². The molecule has 0 spiro atoms. The first-order chi connectivity index (χ1) is 10.7. The minimum absolute atomic E-state index is 0.0956. The summed E-state index contributed by atoms with van der Waals surface area (Å²) in [5.74, 6) is 0.0956. The predicted octanol–water partition coefficient (Wildman–Crippen LogP) is 2.88. The Morgan fingerprint density at radius 2 is 2.14 bits per heavy atom. The van der Waals surface area contributed by atoms with E-state index in [4.69, 9.17) is 0 Å². The molecule has 1 atom stereocenters. The van der Waals surface area contributed by atoms with Gasteiger partial charge in [-0.15, -0.1) is 0 Å². The van der Waals surface area contributed by atoms with Crippen LogP contribution < -0.4 is 5.32 Å². The predicted molar refractivity (Wildman–Crippen MR) is 88.9 cm³/mol. The van der Waals surface area contributed by atoms with Gasteiger partial charge in [0.05, 0.1) is 0 Å². The smallest absolute Gasteiger partial charge is 0.274 e. The Hall–Kier alpha value is -1.36. The third-order valence-electron chi connectivity index (χ3n) is 4.51. The largest absolute Gasteiger partial charge is 0.335 e. The molecule has 1 aromatic heterocycles. The summed E-state index contributed by atoms with van der Waals surface area (Å²) in [6.07, 6.45) is 6.48. The van der Waals surface area contributed by atoms with Gasteiger partial charge in [0.25, 0.3) is 5.91 Å². The van der Waals surface area contributed by atoms with Crippen molar-refractivity contribution in [3.05, 3.63) is 17.0 Å². The number of unbranched alkanes of at least 4 members (excludes halogenated alkanes) is 2. The number of carbonyl (C=O) groups excluding carboxylic acids is 1. The van der Waals surface area contributed by atoms with E-state index in [2.05, 4.69) is 36.3 Å². The van der Waals surface area contributed by atoms with Gasteiger partial charge >= 0.3 is 0 Å². The summed E-state index contributed by atoms with van der Waals surface area (Å²) in [4.78, 5) is 15.0. The number of nitrogens with zero attached hydrogens (tertiary/aromatic N) is 2. The van der Waals surface area contributed by atoms with E-state index in [1.807, 2.05) is 4.90 Å². The van der Waals surface area contributed by atoms with Crippen molar-refractivity contribution in [2.45, 2.75) is 71.9 Å². The van der Waals surface area contributed by atoms with Gasteiger partial charge in [-0.3, -0.25) is 9.89 Å². The van der Waals surface area contributed by atoms with Gasteiger partial charge in [0.1, 0.15) is 0 Å². The van der Waals surface area contributed by atoms with Crippen molar-refractivity contribution in [1.29, 1.82) is 0 Å². The van der Waals surface area contributed by atoms with Crippen molar-refractivity contribution in [3.63, 3.8) is 0 Å². The number of H-pyrrole nitrogens is 1. The Bertz CT molecular complexity index is 483. The molecule has 22 heavy (non-hydrogen) atoms. The van der Waals surface area contributed by atoms with Crippen molar-refractivity contribution < 1.29 is 4.79 Å². The molecule has 5 heteroatoms. The minimum atomic E-state index is 0.0956. The lowest BCUT2D eigenvalue weighted by Gasteiger charge is -2.29. The van der Waals surface area contributed by atoms with E-state index in [-0.39, 0.29) is 11.9 Å². The van der Waals surface area contributed by atoms with Crippen molar-refractivity contribution >= 4 is 5.91 Å². The number of aromatic amines is 1. The van der Waals surface area contributed by atoms with E-state index in [0.717, 1.165) is 56.6 Å². The third-order valence-corrected chi connectivity index (χ3v) is 4.51. The lowest BCUT2D eigenvalue weighted by molar-refractivity contribution is 0.0672. The van der Waals surface area contributed by atoms with Crippen LogP contribution in [0.4, 0.5) is 0 Å². The van der Waals surface area contributed by atoms with E-state index in [0.29, 0.717) is 5.69 Å². The Balaban J connectivity index is 2.14. The van der Waals surface area contributed by atoms with Gasteiger partial charge < -0.3 is 10.2 Å². The van der Waals surface area contributed by atoms with E-state index in [9.17, 15) is 4.79 Å².